The molecule has 4 N–H and O–H groups in total. The number of hydrogen-bond acceptors (Lipinski definition) is 8. The Hall–Kier alpha value is -5.00. The monoisotopic (exact) mass is 742 g/mol. The van der Waals surface area contributed by atoms with Gasteiger partial charge in [0.25, 0.3) is 0 Å². The molecular formula is C42H54N4O8. The van der Waals surface area contributed by atoms with Crippen LogP contribution in [0.5, 0.6) is 0 Å². The van der Waals surface area contributed by atoms with Crippen LogP contribution in [0.1, 0.15) is 189 Å². The van der Waals surface area contributed by atoms with Gasteiger partial charge < -0.3 is 38.9 Å². The van der Waals surface area contributed by atoms with Gasteiger partial charge in [0.2, 0.25) is 0 Å². The minimum Gasteiger partial charge on any atom is -0.461 e. The average molecular weight is 743 g/mol. The predicted octanol–water partition coefficient (Wildman–Crippen LogP) is 7.51. The molecule has 3 aliphatic rings. The fraction of sp³-hybridized carbons (Fsp3) is 0.524. The Morgan fingerprint density at radius 2 is 0.722 bits per heavy atom. The van der Waals surface area contributed by atoms with Gasteiger partial charge in [-0.05, 0) is 111 Å². The molecule has 3 aliphatic carbocycles. The molecule has 0 aromatic carbocycles. The van der Waals surface area contributed by atoms with Crippen molar-refractivity contribution in [1.82, 2.24) is 19.9 Å². The second-order valence-electron chi connectivity index (χ2n) is 13.8. The van der Waals surface area contributed by atoms with Crippen LogP contribution in [0, 0.1) is 0 Å². The van der Waals surface area contributed by atoms with Crippen LogP contribution in [-0.2, 0) is 57.5 Å². The normalized spacial score (nSPS) is 15.6. The predicted molar refractivity (Wildman–Crippen MR) is 203 cm³/mol. The van der Waals surface area contributed by atoms with Gasteiger partial charge in [-0.2, -0.15) is 0 Å². The molecule has 54 heavy (non-hydrogen) atoms. The highest BCUT2D eigenvalue weighted by molar-refractivity contribution is 5.95. The fourth-order valence-electron chi connectivity index (χ4n) is 9.21. The first-order valence-electron chi connectivity index (χ1n) is 19.7. The summed E-state index contributed by atoms with van der Waals surface area (Å²) in [6.45, 7) is 16.4. The molecule has 0 saturated heterocycles. The standard InChI is InChI=1S/C42H54N4O8/c1-9-21-23(11-3)35(39(47)51-13-5)43-27(21)19-29-31-25-17-18-26(33(31)37(45-29)41(49)53-15-7)32-30(46-38(34(25)32)42(50)54-16-8)20-28-22(10-2)24(12-4)36(44-28)40(48)52-14-6/h25-26,43-46H,9-20H2,1-8H3/t25-,26-/m1/s1. The maximum Gasteiger partial charge on any atom is 0.355 e. The van der Waals surface area contributed by atoms with Gasteiger partial charge in [-0.15, -0.1) is 0 Å². The number of carbonyl (C=O) groups is 4. The molecule has 0 aliphatic heterocycles. The van der Waals surface area contributed by atoms with Crippen LogP contribution in [-0.4, -0.2) is 70.2 Å². The molecule has 12 heteroatoms. The number of nitrogens with one attached hydrogen (secondary N) is 4. The highest BCUT2D eigenvalue weighted by Crippen LogP contribution is 2.57. The van der Waals surface area contributed by atoms with Crippen molar-refractivity contribution in [3.05, 3.63) is 90.1 Å². The SMILES string of the molecule is CCOC(=O)c1[nH]c(Cc2[nH]c(C(=O)OCC)c3c2[C@H]2CC[C@@H]3c3c(Cc4[nH]c(C(=O)OCC)c(CC)c4CC)[nH]c(C(=O)OCC)c32)c(CC)c1CC. The lowest BCUT2D eigenvalue weighted by Gasteiger charge is -2.38. The first-order valence-corrected chi connectivity index (χ1v) is 19.7. The molecule has 12 nitrogen and oxygen atoms in total. The molecule has 0 amide bonds. The lowest BCUT2D eigenvalue weighted by molar-refractivity contribution is 0.0507. The summed E-state index contributed by atoms with van der Waals surface area (Å²) >= 11 is 0. The fourth-order valence-corrected chi connectivity index (χ4v) is 9.21. The summed E-state index contributed by atoms with van der Waals surface area (Å²) in [6, 6.07) is 0. The van der Waals surface area contributed by atoms with Crippen molar-refractivity contribution in [2.75, 3.05) is 26.4 Å². The minimum absolute atomic E-state index is 0.204. The van der Waals surface area contributed by atoms with E-state index in [1.54, 1.807) is 27.7 Å². The van der Waals surface area contributed by atoms with Crippen molar-refractivity contribution in [2.24, 2.45) is 0 Å². The van der Waals surface area contributed by atoms with Crippen molar-refractivity contribution in [3.63, 3.8) is 0 Å². The molecular weight excluding hydrogens is 688 g/mol. The number of carbonyl (C=O) groups excluding carboxylic acids is 4. The van der Waals surface area contributed by atoms with Crippen LogP contribution in [0.2, 0.25) is 0 Å². The molecule has 0 unspecified atom stereocenters. The number of fused-ring (bicyclic) bond motifs is 1. The second-order valence-corrected chi connectivity index (χ2v) is 13.8. The molecule has 2 bridgehead atoms. The summed E-state index contributed by atoms with van der Waals surface area (Å²) in [7, 11) is 0. The molecule has 2 atom stereocenters. The number of aromatic amines is 4. The van der Waals surface area contributed by atoms with Crippen LogP contribution >= 0.6 is 0 Å². The van der Waals surface area contributed by atoms with Gasteiger partial charge in [0.05, 0.1) is 26.4 Å². The van der Waals surface area contributed by atoms with Gasteiger partial charge in [0.1, 0.15) is 22.8 Å². The van der Waals surface area contributed by atoms with E-state index in [0.717, 1.165) is 80.1 Å². The second kappa shape index (κ2) is 16.2. The van der Waals surface area contributed by atoms with Gasteiger partial charge in [0, 0.05) is 47.5 Å². The zero-order chi connectivity index (χ0) is 38.8. The largest absolute Gasteiger partial charge is 0.461 e. The van der Waals surface area contributed by atoms with E-state index in [0.29, 0.717) is 61.3 Å². The topological polar surface area (TPSA) is 168 Å². The Kier molecular flexibility index (Phi) is 11.6. The van der Waals surface area contributed by atoms with E-state index in [9.17, 15) is 19.2 Å². The van der Waals surface area contributed by atoms with Crippen molar-refractivity contribution in [1.29, 1.82) is 0 Å². The number of ether oxygens (including phenoxy) is 4. The van der Waals surface area contributed by atoms with Crippen molar-refractivity contribution in [3.8, 4) is 0 Å². The van der Waals surface area contributed by atoms with Crippen molar-refractivity contribution >= 4 is 23.9 Å². The molecule has 0 radical (unpaired) electrons. The van der Waals surface area contributed by atoms with Gasteiger partial charge in [-0.3, -0.25) is 0 Å². The maximum atomic E-state index is 13.8. The highest BCUT2D eigenvalue weighted by Gasteiger charge is 2.47. The summed E-state index contributed by atoms with van der Waals surface area (Å²) in [5.41, 5.74) is 13.1. The smallest absolute Gasteiger partial charge is 0.355 e. The van der Waals surface area contributed by atoms with E-state index in [1.807, 2.05) is 13.8 Å². The minimum atomic E-state index is -0.426. The zero-order valence-corrected chi connectivity index (χ0v) is 32.9. The summed E-state index contributed by atoms with van der Waals surface area (Å²) in [5, 5.41) is 0. The Balaban J connectivity index is 1.53. The third kappa shape index (κ3) is 6.47. The lowest BCUT2D eigenvalue weighted by atomic mass is 9.63. The molecule has 290 valence electrons. The quantitative estimate of drug-likeness (QED) is 0.0676. The van der Waals surface area contributed by atoms with Crippen LogP contribution in [0.15, 0.2) is 0 Å². The lowest BCUT2D eigenvalue weighted by Crippen LogP contribution is -2.27. The average Bonchev–Trinajstić information content (AvgIpc) is 3.93. The molecule has 4 aromatic heterocycles. The van der Waals surface area contributed by atoms with E-state index < -0.39 is 11.9 Å². The molecule has 7 rings (SSSR count). The van der Waals surface area contributed by atoms with E-state index in [4.69, 9.17) is 18.9 Å². The number of aromatic nitrogens is 4. The number of rotatable bonds is 16. The number of H-pyrrole nitrogens is 4. The Labute approximate surface area is 316 Å². The van der Waals surface area contributed by atoms with Gasteiger partial charge in [-0.1, -0.05) is 27.7 Å². The van der Waals surface area contributed by atoms with E-state index in [-0.39, 0.29) is 50.2 Å². The maximum absolute atomic E-state index is 13.8. The van der Waals surface area contributed by atoms with E-state index in [2.05, 4.69) is 33.8 Å². The van der Waals surface area contributed by atoms with Crippen molar-refractivity contribution < 1.29 is 38.1 Å². The number of hydrogen-bond donors (Lipinski definition) is 4. The molecule has 4 heterocycles. The van der Waals surface area contributed by atoms with Crippen LogP contribution in [0.25, 0.3) is 0 Å². The summed E-state index contributed by atoms with van der Waals surface area (Å²) in [4.78, 5) is 67.4. The molecule has 0 spiro atoms. The summed E-state index contributed by atoms with van der Waals surface area (Å²) in [6.07, 6.45) is 5.13. The molecule has 0 saturated carbocycles. The van der Waals surface area contributed by atoms with Gasteiger partial charge in [0.15, 0.2) is 0 Å². The first kappa shape index (κ1) is 38.7. The van der Waals surface area contributed by atoms with Crippen LogP contribution < -0.4 is 0 Å². The van der Waals surface area contributed by atoms with Crippen LogP contribution in [0.3, 0.4) is 0 Å². The van der Waals surface area contributed by atoms with Gasteiger partial charge in [-0.25, -0.2) is 19.2 Å². The van der Waals surface area contributed by atoms with Gasteiger partial charge >= 0.3 is 23.9 Å². The Morgan fingerprint density at radius 3 is 1.02 bits per heavy atom. The molecule has 4 aromatic rings. The van der Waals surface area contributed by atoms with E-state index in [1.165, 1.54) is 0 Å². The first-order chi connectivity index (χ1) is 26.1. The Morgan fingerprint density at radius 1 is 0.426 bits per heavy atom. The van der Waals surface area contributed by atoms with E-state index >= 15 is 0 Å². The third-order valence-electron chi connectivity index (χ3n) is 11.1. The zero-order valence-electron chi connectivity index (χ0n) is 32.9. The van der Waals surface area contributed by atoms with Crippen molar-refractivity contribution in [2.45, 2.75) is 119 Å². The third-order valence-corrected chi connectivity index (χ3v) is 11.1. The highest BCUT2D eigenvalue weighted by atomic mass is 16.5. The Bertz CT molecular complexity index is 1930. The molecule has 0 fully saturated rings. The number of esters is 4. The summed E-state index contributed by atoms with van der Waals surface area (Å²) < 4.78 is 22.1. The summed E-state index contributed by atoms with van der Waals surface area (Å²) in [5.74, 6) is -2.02. The van der Waals surface area contributed by atoms with Crippen LogP contribution in [0.4, 0.5) is 0 Å².